The first-order valence-corrected chi connectivity index (χ1v) is 10.0. The number of carbonyl (C=O) groups excluding carboxylic acids is 1. The zero-order chi connectivity index (χ0) is 20.6. The maximum atomic E-state index is 12.3. The molecule has 1 heterocycles. The van der Waals surface area contributed by atoms with Crippen molar-refractivity contribution < 1.29 is 4.79 Å². The highest BCUT2D eigenvalue weighted by atomic mass is 32.1. The number of para-hydroxylation sites is 1. The number of nitrogens with one attached hydrogen (secondary N) is 2. The topological polar surface area (TPSA) is 93.4 Å². The molecule has 0 aliphatic rings. The van der Waals surface area contributed by atoms with E-state index in [9.17, 15) is 4.79 Å². The second-order valence-electron chi connectivity index (χ2n) is 6.51. The van der Waals surface area contributed by atoms with E-state index in [1.807, 2.05) is 60.5 Å². The lowest BCUT2D eigenvalue weighted by atomic mass is 10.2. The van der Waals surface area contributed by atoms with Crippen LogP contribution in [0, 0.1) is 11.3 Å². The summed E-state index contributed by atoms with van der Waals surface area (Å²) < 4.78 is 1.07. The number of benzene rings is 2. The van der Waals surface area contributed by atoms with Gasteiger partial charge in [-0.1, -0.05) is 35.6 Å². The minimum Gasteiger partial charge on any atom is -0.374 e. The number of nitrogens with zero attached hydrogens (tertiary/aromatic N) is 4. The molecule has 148 valence electrons. The molecule has 0 radical (unpaired) electrons. The summed E-state index contributed by atoms with van der Waals surface area (Å²) in [6.45, 7) is 2.45. The van der Waals surface area contributed by atoms with Crippen molar-refractivity contribution in [1.29, 1.82) is 5.26 Å². The number of thiazole rings is 1. The first-order chi connectivity index (χ1) is 14.1. The lowest BCUT2D eigenvalue weighted by Gasteiger charge is -2.17. The molecule has 7 nitrogen and oxygen atoms in total. The fraction of sp³-hybridized carbons (Fsp3) is 0.238. The van der Waals surface area contributed by atoms with Gasteiger partial charge in [-0.2, -0.15) is 10.4 Å². The summed E-state index contributed by atoms with van der Waals surface area (Å²) in [4.78, 5) is 18.7. The molecule has 2 N–H and O–H groups in total. The van der Waals surface area contributed by atoms with Crippen molar-refractivity contribution in [2.75, 3.05) is 23.8 Å². The Kier molecular flexibility index (Phi) is 6.76. The van der Waals surface area contributed by atoms with E-state index in [0.717, 1.165) is 21.5 Å². The number of hydrazone groups is 1. The number of hydrogen-bond acceptors (Lipinski definition) is 7. The van der Waals surface area contributed by atoms with Gasteiger partial charge in [0.05, 0.1) is 28.9 Å². The standard InChI is InChI=1S/C21H22N6OS/c1-15(24-21-25-18-6-3-4-7-19(18)29-21)20(28)26-23-14-16-8-10-17(11-9-16)27(2)13-5-12-22/h3-4,6-11,14-15H,5,13H2,1-2H3,(H,24,25)(H,26,28)/b23-14-/t15-/m1/s1. The van der Waals surface area contributed by atoms with Crippen molar-refractivity contribution in [3.63, 3.8) is 0 Å². The molecule has 2 aromatic carbocycles. The van der Waals surface area contributed by atoms with Crippen molar-refractivity contribution >= 4 is 44.5 Å². The lowest BCUT2D eigenvalue weighted by molar-refractivity contribution is -0.121. The molecule has 0 fully saturated rings. The Bertz CT molecular complexity index is 1000. The molecule has 0 spiro atoms. The normalized spacial score (nSPS) is 11.9. The molecular weight excluding hydrogens is 384 g/mol. The van der Waals surface area contributed by atoms with Gasteiger partial charge in [0.15, 0.2) is 5.13 Å². The van der Waals surface area contributed by atoms with E-state index in [0.29, 0.717) is 18.1 Å². The summed E-state index contributed by atoms with van der Waals surface area (Å²) >= 11 is 1.51. The van der Waals surface area contributed by atoms with Gasteiger partial charge in [0.25, 0.3) is 5.91 Å². The maximum absolute atomic E-state index is 12.3. The Hall–Kier alpha value is -3.44. The summed E-state index contributed by atoms with van der Waals surface area (Å²) in [7, 11) is 1.94. The summed E-state index contributed by atoms with van der Waals surface area (Å²) in [5, 5.41) is 16.5. The van der Waals surface area contributed by atoms with Gasteiger partial charge in [0, 0.05) is 19.3 Å². The molecule has 1 aromatic heterocycles. The Balaban J connectivity index is 1.51. The van der Waals surface area contributed by atoms with Crippen LogP contribution in [0.1, 0.15) is 18.9 Å². The van der Waals surface area contributed by atoms with Crippen LogP contribution in [0.5, 0.6) is 0 Å². The number of aromatic nitrogens is 1. The van der Waals surface area contributed by atoms with Gasteiger partial charge in [-0.15, -0.1) is 0 Å². The molecular formula is C21H22N6OS. The summed E-state index contributed by atoms with van der Waals surface area (Å²) in [6.07, 6.45) is 2.08. The van der Waals surface area contributed by atoms with Crippen LogP contribution >= 0.6 is 11.3 Å². The number of hydrogen-bond donors (Lipinski definition) is 2. The lowest BCUT2D eigenvalue weighted by Crippen LogP contribution is -2.34. The highest BCUT2D eigenvalue weighted by Gasteiger charge is 2.14. The van der Waals surface area contributed by atoms with Gasteiger partial charge in [0.1, 0.15) is 6.04 Å². The third-order valence-corrected chi connectivity index (χ3v) is 5.28. The van der Waals surface area contributed by atoms with Crippen LogP contribution in [0.4, 0.5) is 10.8 Å². The van der Waals surface area contributed by atoms with Crippen molar-refractivity contribution in [3.05, 3.63) is 54.1 Å². The summed E-state index contributed by atoms with van der Waals surface area (Å²) in [5.74, 6) is -0.242. The third kappa shape index (κ3) is 5.53. The molecule has 0 saturated heterocycles. The number of nitriles is 1. The average molecular weight is 407 g/mol. The molecule has 0 saturated carbocycles. The Morgan fingerprint density at radius 1 is 1.31 bits per heavy atom. The SMILES string of the molecule is C[C@@H](Nc1nc2ccccc2s1)C(=O)N/N=C\c1ccc(N(C)CCC#N)cc1. The van der Waals surface area contributed by atoms with Crippen molar-refractivity contribution in [2.24, 2.45) is 5.10 Å². The number of carbonyl (C=O) groups is 1. The van der Waals surface area contributed by atoms with Gasteiger partial charge in [-0.25, -0.2) is 10.4 Å². The molecule has 3 aromatic rings. The van der Waals surface area contributed by atoms with Gasteiger partial charge >= 0.3 is 0 Å². The van der Waals surface area contributed by atoms with Crippen LogP contribution in [0.15, 0.2) is 53.6 Å². The van der Waals surface area contributed by atoms with E-state index < -0.39 is 6.04 Å². The van der Waals surface area contributed by atoms with Crippen molar-refractivity contribution in [2.45, 2.75) is 19.4 Å². The highest BCUT2D eigenvalue weighted by molar-refractivity contribution is 7.22. The van der Waals surface area contributed by atoms with Gasteiger partial charge in [0.2, 0.25) is 0 Å². The predicted molar refractivity (Wildman–Crippen MR) is 118 cm³/mol. The Morgan fingerprint density at radius 2 is 2.07 bits per heavy atom. The quantitative estimate of drug-likeness (QED) is 0.440. The van der Waals surface area contributed by atoms with E-state index in [-0.39, 0.29) is 5.91 Å². The van der Waals surface area contributed by atoms with Crippen LogP contribution in [-0.2, 0) is 4.79 Å². The second kappa shape index (κ2) is 9.66. The van der Waals surface area contributed by atoms with Gasteiger partial charge in [-0.3, -0.25) is 4.79 Å². The van der Waals surface area contributed by atoms with Crippen molar-refractivity contribution in [1.82, 2.24) is 10.4 Å². The predicted octanol–water partition coefficient (Wildman–Crippen LogP) is 3.60. The van der Waals surface area contributed by atoms with Crippen molar-refractivity contribution in [3.8, 4) is 6.07 Å². The Morgan fingerprint density at radius 3 is 2.79 bits per heavy atom. The van der Waals surface area contributed by atoms with Crippen LogP contribution in [-0.4, -0.2) is 36.7 Å². The average Bonchev–Trinajstić information content (AvgIpc) is 3.14. The molecule has 29 heavy (non-hydrogen) atoms. The zero-order valence-corrected chi connectivity index (χ0v) is 17.1. The van der Waals surface area contributed by atoms with Crippen LogP contribution < -0.4 is 15.6 Å². The van der Waals surface area contributed by atoms with E-state index >= 15 is 0 Å². The number of amides is 1. The van der Waals surface area contributed by atoms with E-state index in [4.69, 9.17) is 5.26 Å². The molecule has 0 bridgehead atoms. The molecule has 1 atom stereocenters. The fourth-order valence-electron chi connectivity index (χ4n) is 2.61. The third-order valence-electron chi connectivity index (χ3n) is 4.31. The first kappa shape index (κ1) is 20.3. The van der Waals surface area contributed by atoms with E-state index in [1.54, 1.807) is 13.1 Å². The molecule has 8 heteroatoms. The Labute approximate surface area is 173 Å². The minimum absolute atomic E-state index is 0.242. The van der Waals surface area contributed by atoms with Crippen LogP contribution in [0.3, 0.4) is 0 Å². The molecule has 1 amide bonds. The number of anilines is 2. The number of rotatable bonds is 8. The maximum Gasteiger partial charge on any atom is 0.262 e. The molecule has 0 aliphatic heterocycles. The molecule has 3 rings (SSSR count). The van der Waals surface area contributed by atoms with Crippen LogP contribution in [0.2, 0.25) is 0 Å². The second-order valence-corrected chi connectivity index (χ2v) is 7.54. The van der Waals surface area contributed by atoms with Crippen LogP contribution in [0.25, 0.3) is 10.2 Å². The largest absolute Gasteiger partial charge is 0.374 e. The van der Waals surface area contributed by atoms with E-state index in [2.05, 4.69) is 26.9 Å². The zero-order valence-electron chi connectivity index (χ0n) is 16.3. The molecule has 0 aliphatic carbocycles. The van der Waals surface area contributed by atoms with E-state index in [1.165, 1.54) is 11.3 Å². The van der Waals surface area contributed by atoms with Gasteiger partial charge in [-0.05, 0) is 36.8 Å². The monoisotopic (exact) mass is 406 g/mol. The minimum atomic E-state index is -0.469. The number of fused-ring (bicyclic) bond motifs is 1. The first-order valence-electron chi connectivity index (χ1n) is 9.20. The summed E-state index contributed by atoms with van der Waals surface area (Å²) in [5.41, 5.74) is 5.35. The summed E-state index contributed by atoms with van der Waals surface area (Å²) in [6, 6.07) is 17.3. The highest BCUT2D eigenvalue weighted by Crippen LogP contribution is 2.25. The fourth-order valence-corrected chi connectivity index (χ4v) is 3.57. The molecule has 0 unspecified atom stereocenters. The smallest absolute Gasteiger partial charge is 0.262 e. The van der Waals surface area contributed by atoms with Gasteiger partial charge < -0.3 is 10.2 Å².